The van der Waals surface area contributed by atoms with E-state index in [-0.39, 0.29) is 41.5 Å². The van der Waals surface area contributed by atoms with E-state index in [0.29, 0.717) is 38.5 Å². The minimum atomic E-state index is -5.78. The Morgan fingerprint density at radius 2 is 1.61 bits per heavy atom. The number of ketones is 1. The van der Waals surface area contributed by atoms with Crippen molar-refractivity contribution in [3.05, 3.63) is 0 Å². The van der Waals surface area contributed by atoms with E-state index in [4.69, 9.17) is 4.43 Å². The zero-order chi connectivity index (χ0) is 31.7. The fourth-order valence-electron chi connectivity index (χ4n) is 7.22. The van der Waals surface area contributed by atoms with Crippen LogP contribution in [0.15, 0.2) is 0 Å². The van der Waals surface area contributed by atoms with E-state index in [0.717, 1.165) is 12.8 Å². The van der Waals surface area contributed by atoms with Crippen molar-refractivity contribution in [1.29, 1.82) is 0 Å². The Balaban J connectivity index is 2.48. The van der Waals surface area contributed by atoms with Gasteiger partial charge < -0.3 is 4.43 Å². The van der Waals surface area contributed by atoms with Crippen molar-refractivity contribution < 1.29 is 39.7 Å². The van der Waals surface area contributed by atoms with Crippen LogP contribution in [-0.2, 0) is 13.4 Å². The summed E-state index contributed by atoms with van der Waals surface area (Å²) in [5, 5.41) is -0.632. The molecule has 0 N–H and O–H groups in total. The van der Waals surface area contributed by atoms with Crippen LogP contribution in [-0.4, -0.2) is 42.9 Å². The van der Waals surface area contributed by atoms with Crippen molar-refractivity contribution in [2.75, 3.05) is 0 Å². The quantitative estimate of drug-likeness (QED) is 0.0985. The van der Waals surface area contributed by atoms with Gasteiger partial charge in [0.2, 0.25) is 0 Å². The van der Waals surface area contributed by atoms with Crippen molar-refractivity contribution in [3.63, 3.8) is 0 Å². The Labute approximate surface area is 248 Å². The number of hydrogen-bond acceptors (Lipinski definition) is 4. The topological polar surface area (TPSA) is 35.5 Å². The van der Waals surface area contributed by atoms with Crippen LogP contribution in [0.5, 0.6) is 0 Å². The summed E-state index contributed by atoms with van der Waals surface area (Å²) >= 11 is 0.120. The molecule has 0 radical (unpaired) electrons. The van der Waals surface area contributed by atoms with Crippen molar-refractivity contribution in [1.82, 2.24) is 0 Å². The van der Waals surface area contributed by atoms with Crippen LogP contribution in [0.1, 0.15) is 99.3 Å². The maximum atomic E-state index is 14.0. The van der Waals surface area contributed by atoms with Crippen LogP contribution in [0.2, 0.25) is 19.6 Å². The molecular formula is C30H48F6O3SSi. The molecule has 2 rings (SSSR count). The van der Waals surface area contributed by atoms with E-state index in [1.807, 2.05) is 20.8 Å². The molecule has 238 valence electrons. The average molecular weight is 631 g/mol. The van der Waals surface area contributed by atoms with Crippen LogP contribution in [0.3, 0.4) is 0 Å². The van der Waals surface area contributed by atoms with Gasteiger partial charge in [-0.3, -0.25) is 8.98 Å². The predicted molar refractivity (Wildman–Crippen MR) is 155 cm³/mol. The summed E-state index contributed by atoms with van der Waals surface area (Å²) in [7, 11) is -1.84. The lowest BCUT2D eigenvalue weighted by Crippen LogP contribution is -2.57. The number of carbonyl (C=O) groups is 1. The molecule has 2 aliphatic rings. The van der Waals surface area contributed by atoms with Gasteiger partial charge in [0, 0.05) is 24.0 Å². The summed E-state index contributed by atoms with van der Waals surface area (Å²) < 4.78 is 95.0. The molecule has 1 unspecified atom stereocenters. The van der Waals surface area contributed by atoms with E-state index in [2.05, 4.69) is 36.7 Å². The molecule has 11 heteroatoms. The summed E-state index contributed by atoms with van der Waals surface area (Å²) in [5.41, 5.74) is -6.06. The van der Waals surface area contributed by atoms with E-state index < -0.39 is 42.5 Å². The van der Waals surface area contributed by atoms with Crippen LogP contribution in [0, 0.1) is 34.5 Å². The Hall–Kier alpha value is -0.703. The van der Waals surface area contributed by atoms with E-state index >= 15 is 0 Å². The summed E-state index contributed by atoms with van der Waals surface area (Å²) in [6, 6.07) is 0. The SMILES string of the molecule is CC(C)SOC(C#CC[C@@](C)(CCCC(C)(C)O[Si](C)(C)C)[C@H]1CCC2C(=O)CCC[C@@]21C)(C(F)(F)F)C(F)(F)F. The highest BCUT2D eigenvalue weighted by atomic mass is 32.2. The molecule has 2 fully saturated rings. The molecule has 3 nitrogen and oxygen atoms in total. The summed E-state index contributed by atoms with van der Waals surface area (Å²) in [6.07, 6.45) is -6.35. The Morgan fingerprint density at radius 3 is 2.12 bits per heavy atom. The highest BCUT2D eigenvalue weighted by molar-refractivity contribution is 7.95. The first-order valence-electron chi connectivity index (χ1n) is 14.6. The van der Waals surface area contributed by atoms with Gasteiger partial charge in [0.05, 0.1) is 5.60 Å². The molecule has 41 heavy (non-hydrogen) atoms. The summed E-state index contributed by atoms with van der Waals surface area (Å²) in [5.74, 6) is 3.93. The third-order valence-electron chi connectivity index (χ3n) is 8.73. The van der Waals surface area contributed by atoms with Crippen LogP contribution >= 0.6 is 12.0 Å². The Morgan fingerprint density at radius 1 is 1.02 bits per heavy atom. The monoisotopic (exact) mass is 630 g/mol. The highest BCUT2D eigenvalue weighted by Crippen LogP contribution is 2.61. The van der Waals surface area contributed by atoms with Crippen molar-refractivity contribution in [3.8, 4) is 11.8 Å². The minimum absolute atomic E-state index is 0.0586. The second-order valence-electron chi connectivity index (χ2n) is 14.4. The third kappa shape index (κ3) is 8.69. The highest BCUT2D eigenvalue weighted by Gasteiger charge is 2.73. The number of carbonyl (C=O) groups excluding carboxylic acids is 1. The normalized spacial score (nSPS) is 26.0. The molecule has 0 aliphatic heterocycles. The smallest absolute Gasteiger partial charge is 0.413 e. The zero-order valence-electron chi connectivity index (χ0n) is 26.0. The van der Waals surface area contributed by atoms with E-state index in [1.165, 1.54) is 13.8 Å². The Bertz CT molecular complexity index is 964. The van der Waals surface area contributed by atoms with Gasteiger partial charge in [-0.15, -0.1) is 0 Å². The second kappa shape index (κ2) is 12.7. The standard InChI is InChI=1S/C30H48F6O3SSi/c1-21(2)40-38-28(29(31,32)33,30(34,35)36)20-12-18-26(5,17-11-16-25(3,4)39-41(7,8)9)24-15-14-22-23(37)13-10-19-27(22,24)6/h21-22,24H,10-11,13-19H2,1-9H3/t22?,24-,26-,27+/m1/s1. The zero-order valence-corrected chi connectivity index (χ0v) is 27.8. The second-order valence-corrected chi connectivity index (χ2v) is 20.1. The van der Waals surface area contributed by atoms with E-state index in [9.17, 15) is 31.1 Å². The first kappa shape index (κ1) is 36.5. The van der Waals surface area contributed by atoms with Crippen molar-refractivity contribution in [2.24, 2.45) is 22.7 Å². The van der Waals surface area contributed by atoms with E-state index in [1.54, 1.807) is 5.92 Å². The lowest BCUT2D eigenvalue weighted by molar-refractivity contribution is -0.330. The Kier molecular flexibility index (Phi) is 11.3. The fourth-order valence-corrected chi connectivity index (χ4v) is 9.54. The van der Waals surface area contributed by atoms with Crippen molar-refractivity contribution in [2.45, 2.75) is 148 Å². The summed E-state index contributed by atoms with van der Waals surface area (Å²) in [4.78, 5) is 12.8. The number of rotatable bonds is 11. The first-order chi connectivity index (χ1) is 18.4. The van der Waals surface area contributed by atoms with Gasteiger partial charge in [0.25, 0.3) is 0 Å². The van der Waals surface area contributed by atoms with Crippen LogP contribution in [0.25, 0.3) is 0 Å². The van der Waals surface area contributed by atoms with Gasteiger partial charge in [-0.1, -0.05) is 40.0 Å². The van der Waals surface area contributed by atoms with Gasteiger partial charge in [-0.25, -0.2) is 0 Å². The van der Waals surface area contributed by atoms with Gasteiger partial charge >= 0.3 is 18.0 Å². The molecule has 2 saturated carbocycles. The molecule has 0 bridgehead atoms. The third-order valence-corrected chi connectivity index (χ3v) is 10.6. The molecule has 0 amide bonds. The molecule has 4 atom stereocenters. The number of hydrogen-bond donors (Lipinski definition) is 0. The van der Waals surface area contributed by atoms with Gasteiger partial charge in [0.15, 0.2) is 8.32 Å². The van der Waals surface area contributed by atoms with Gasteiger partial charge in [0.1, 0.15) is 5.78 Å². The van der Waals surface area contributed by atoms with Gasteiger partial charge in [-0.05, 0) is 107 Å². The summed E-state index contributed by atoms with van der Waals surface area (Å²) in [6.45, 7) is 17.2. The molecule has 0 heterocycles. The lowest BCUT2D eigenvalue weighted by Gasteiger charge is -2.48. The van der Waals surface area contributed by atoms with Crippen LogP contribution in [0.4, 0.5) is 26.3 Å². The first-order valence-corrected chi connectivity index (χ1v) is 18.8. The van der Waals surface area contributed by atoms with Gasteiger partial charge in [-0.2, -0.15) is 26.3 Å². The molecule has 0 saturated heterocycles. The molecule has 0 aromatic carbocycles. The van der Waals surface area contributed by atoms with Crippen LogP contribution < -0.4 is 0 Å². The molecular weight excluding hydrogens is 582 g/mol. The largest absolute Gasteiger partial charge is 0.439 e. The molecule has 0 aromatic rings. The maximum absolute atomic E-state index is 14.0. The average Bonchev–Trinajstić information content (AvgIpc) is 3.11. The lowest BCUT2D eigenvalue weighted by atomic mass is 9.56. The maximum Gasteiger partial charge on any atom is 0.439 e. The fraction of sp³-hybridized carbons (Fsp3) is 0.900. The number of halogens is 6. The molecule has 0 spiro atoms. The predicted octanol–water partition coefficient (Wildman–Crippen LogP) is 9.91. The number of alkyl halides is 6. The molecule has 2 aliphatic carbocycles. The van der Waals surface area contributed by atoms with Crippen molar-refractivity contribution >= 4 is 26.1 Å². The molecule has 0 aromatic heterocycles. The number of fused-ring (bicyclic) bond motifs is 1. The number of Topliss-reactive ketones (excluding diaryl/α,β-unsaturated/α-hetero) is 1. The minimum Gasteiger partial charge on any atom is -0.413 e.